The van der Waals surface area contributed by atoms with Gasteiger partial charge in [0.25, 0.3) is 0 Å². The highest BCUT2D eigenvalue weighted by Crippen LogP contribution is 2.63. The van der Waals surface area contributed by atoms with E-state index in [1.807, 2.05) is 13.0 Å². The smallest absolute Gasteiger partial charge is 0.344 e. The molecule has 0 amide bonds. The van der Waals surface area contributed by atoms with Gasteiger partial charge in [0.2, 0.25) is 0 Å². The molecule has 5 nitrogen and oxygen atoms in total. The molecule has 0 aromatic carbocycles. The number of carbonyl (C=O) groups excluding carboxylic acids is 3. The highest BCUT2D eigenvalue weighted by atomic mass is 16.6. The van der Waals surface area contributed by atoms with Crippen LogP contribution in [0.15, 0.2) is 11.6 Å². The van der Waals surface area contributed by atoms with Crippen LogP contribution in [-0.2, 0) is 23.9 Å². The number of carbonyl (C=O) groups is 3. The van der Waals surface area contributed by atoms with Crippen molar-refractivity contribution in [3.05, 3.63) is 11.6 Å². The molecule has 5 heteroatoms. The number of unbranched alkanes of at least 4 members (excludes halogenated alkanes) is 1. The van der Waals surface area contributed by atoms with Crippen LogP contribution in [0.5, 0.6) is 0 Å². The largest absolute Gasteiger partial charge is 0.463 e. The third-order valence-electron chi connectivity index (χ3n) is 9.04. The zero-order valence-corrected chi connectivity index (χ0v) is 19.9. The molecule has 178 valence electrons. The highest BCUT2D eigenvalue weighted by Gasteiger charge is 2.54. The van der Waals surface area contributed by atoms with Gasteiger partial charge in [-0.2, -0.15) is 0 Å². The average Bonchev–Trinajstić information content (AvgIpc) is 3.12. The molecule has 0 spiro atoms. The first-order chi connectivity index (χ1) is 15.4. The molecule has 0 heterocycles. The Balaban J connectivity index is 1.24. The molecule has 0 aromatic rings. The molecule has 0 N–H and O–H groups in total. The van der Waals surface area contributed by atoms with Crippen molar-refractivity contribution in [2.75, 3.05) is 13.2 Å². The van der Waals surface area contributed by atoms with Crippen molar-refractivity contribution in [1.82, 2.24) is 0 Å². The van der Waals surface area contributed by atoms with Gasteiger partial charge in [-0.25, -0.2) is 4.79 Å². The van der Waals surface area contributed by atoms with Gasteiger partial charge in [0.15, 0.2) is 12.4 Å². The number of esters is 2. The minimum Gasteiger partial charge on any atom is -0.463 e. The predicted octanol–water partition coefficient (Wildman–Crippen LogP) is 5.41. The molecule has 4 aliphatic carbocycles. The number of allylic oxidation sites excluding steroid dienone is 1. The number of rotatable bonds is 8. The molecule has 0 radical (unpaired) electrons. The first-order valence-corrected chi connectivity index (χ1v) is 12.9. The van der Waals surface area contributed by atoms with Gasteiger partial charge < -0.3 is 9.47 Å². The molecule has 3 saturated carbocycles. The Bertz CT molecular complexity index is 755. The Morgan fingerprint density at radius 2 is 1.94 bits per heavy atom. The normalized spacial score (nSPS) is 35.9. The molecule has 3 fully saturated rings. The molecule has 0 aliphatic heterocycles. The second-order valence-electron chi connectivity index (χ2n) is 11.1. The molecular formula is C27H40O5. The van der Waals surface area contributed by atoms with Crippen LogP contribution >= 0.6 is 0 Å². The van der Waals surface area contributed by atoms with Gasteiger partial charge in [-0.15, -0.1) is 0 Å². The van der Waals surface area contributed by atoms with Crippen molar-refractivity contribution < 1.29 is 23.9 Å². The first kappa shape index (κ1) is 23.5. The van der Waals surface area contributed by atoms with Crippen molar-refractivity contribution in [2.45, 2.75) is 90.9 Å². The maximum Gasteiger partial charge on any atom is 0.344 e. The molecule has 0 unspecified atom stereocenters. The maximum atomic E-state index is 11.9. The van der Waals surface area contributed by atoms with Gasteiger partial charge in [0.05, 0.1) is 6.61 Å². The van der Waals surface area contributed by atoms with Gasteiger partial charge in [-0.3, -0.25) is 9.59 Å². The van der Waals surface area contributed by atoms with E-state index in [-0.39, 0.29) is 12.6 Å². The van der Waals surface area contributed by atoms with E-state index in [1.165, 1.54) is 37.7 Å². The molecule has 4 rings (SSSR count). The van der Waals surface area contributed by atoms with E-state index in [2.05, 4.69) is 6.92 Å². The minimum absolute atomic E-state index is 0.267. The van der Waals surface area contributed by atoms with Gasteiger partial charge >= 0.3 is 11.9 Å². The summed E-state index contributed by atoms with van der Waals surface area (Å²) in [6.45, 7) is 4.66. The quantitative estimate of drug-likeness (QED) is 0.468. The summed E-state index contributed by atoms with van der Waals surface area (Å²) in [5, 5.41) is 0. The van der Waals surface area contributed by atoms with Crippen LogP contribution in [0.1, 0.15) is 90.9 Å². The van der Waals surface area contributed by atoms with Gasteiger partial charge in [-0.05, 0) is 98.9 Å². The van der Waals surface area contributed by atoms with Crippen LogP contribution in [0, 0.1) is 35.0 Å². The van der Waals surface area contributed by atoms with E-state index < -0.39 is 5.97 Å². The zero-order valence-electron chi connectivity index (χ0n) is 19.9. The molecular weight excluding hydrogens is 404 g/mol. The molecule has 0 aromatic heterocycles. The Morgan fingerprint density at radius 1 is 1.09 bits per heavy atom. The van der Waals surface area contributed by atoms with E-state index in [4.69, 9.17) is 9.47 Å². The second-order valence-corrected chi connectivity index (χ2v) is 11.1. The van der Waals surface area contributed by atoms with E-state index in [9.17, 15) is 14.4 Å². The monoisotopic (exact) mass is 444 g/mol. The number of ketones is 1. The second kappa shape index (κ2) is 10.1. The van der Waals surface area contributed by atoms with Crippen LogP contribution in [-0.4, -0.2) is 30.9 Å². The van der Waals surface area contributed by atoms with Crippen molar-refractivity contribution in [3.63, 3.8) is 0 Å². The molecule has 4 aliphatic rings. The van der Waals surface area contributed by atoms with E-state index in [0.29, 0.717) is 36.1 Å². The van der Waals surface area contributed by atoms with E-state index in [1.54, 1.807) is 0 Å². The summed E-state index contributed by atoms with van der Waals surface area (Å²) in [6, 6.07) is 0. The van der Waals surface area contributed by atoms with Crippen molar-refractivity contribution in [2.24, 2.45) is 35.0 Å². The topological polar surface area (TPSA) is 69.7 Å². The minimum atomic E-state index is -0.435. The van der Waals surface area contributed by atoms with Gasteiger partial charge in [-0.1, -0.05) is 25.8 Å². The summed E-state index contributed by atoms with van der Waals surface area (Å²) < 4.78 is 10.4. The summed E-state index contributed by atoms with van der Waals surface area (Å²) in [6.07, 6.45) is 14.2. The first-order valence-electron chi connectivity index (χ1n) is 12.9. The fourth-order valence-corrected chi connectivity index (χ4v) is 7.52. The molecule has 0 bridgehead atoms. The summed E-state index contributed by atoms with van der Waals surface area (Å²) in [5.41, 5.74) is 1.86. The van der Waals surface area contributed by atoms with Crippen LogP contribution < -0.4 is 0 Å². The SMILES string of the molecule is CCCCC(=O)OCC(=O)OCC[C@H]1C[C@H]2[C@@H]3CCC4=CC(=O)CC[C@@H]4[C@H]3CC[C@]2(C)C1. The fourth-order valence-electron chi connectivity index (χ4n) is 7.52. The highest BCUT2D eigenvalue weighted by molar-refractivity contribution is 5.91. The number of fused-ring (bicyclic) bond motifs is 5. The number of ether oxygens (including phenoxy) is 2. The van der Waals surface area contributed by atoms with E-state index in [0.717, 1.165) is 56.3 Å². The lowest BCUT2D eigenvalue weighted by molar-refractivity contribution is -0.159. The van der Waals surface area contributed by atoms with Crippen molar-refractivity contribution in [1.29, 1.82) is 0 Å². The van der Waals surface area contributed by atoms with E-state index >= 15 is 0 Å². The summed E-state index contributed by atoms with van der Waals surface area (Å²) in [5.74, 6) is 3.15. The zero-order chi connectivity index (χ0) is 22.7. The third kappa shape index (κ3) is 5.12. The molecule has 0 saturated heterocycles. The lowest BCUT2D eigenvalue weighted by Gasteiger charge is -2.52. The Hall–Kier alpha value is -1.65. The Morgan fingerprint density at radius 3 is 2.75 bits per heavy atom. The van der Waals surface area contributed by atoms with Crippen molar-refractivity contribution in [3.8, 4) is 0 Å². The maximum absolute atomic E-state index is 11.9. The summed E-state index contributed by atoms with van der Waals surface area (Å²) in [7, 11) is 0. The lowest BCUT2D eigenvalue weighted by Crippen LogP contribution is -2.44. The summed E-state index contributed by atoms with van der Waals surface area (Å²) in [4.78, 5) is 35.3. The number of hydrogen-bond acceptors (Lipinski definition) is 5. The molecule has 32 heavy (non-hydrogen) atoms. The lowest BCUT2D eigenvalue weighted by atomic mass is 9.52. The van der Waals surface area contributed by atoms with Crippen LogP contribution in [0.25, 0.3) is 0 Å². The third-order valence-corrected chi connectivity index (χ3v) is 9.04. The van der Waals surface area contributed by atoms with Crippen LogP contribution in [0.2, 0.25) is 0 Å². The average molecular weight is 445 g/mol. The standard InChI is InChI=1S/C27H40O5/c1-3-4-5-25(29)32-17-26(30)31-13-11-18-14-24-23-8-6-19-15-20(28)7-9-21(19)22(23)10-12-27(24,2)16-18/h15,18,21-24H,3-14,16-17H2,1-2H3/t18-,21-,22+,23+,24-,27+/m0/s1. The Labute approximate surface area is 192 Å². The summed E-state index contributed by atoms with van der Waals surface area (Å²) >= 11 is 0. The number of hydrogen-bond donors (Lipinski definition) is 0. The molecule has 6 atom stereocenters. The van der Waals surface area contributed by atoms with Crippen molar-refractivity contribution >= 4 is 17.7 Å². The van der Waals surface area contributed by atoms with Crippen LogP contribution in [0.4, 0.5) is 0 Å². The van der Waals surface area contributed by atoms with Gasteiger partial charge in [0, 0.05) is 12.8 Å². The fraction of sp³-hybridized carbons (Fsp3) is 0.815. The van der Waals surface area contributed by atoms with Crippen LogP contribution in [0.3, 0.4) is 0 Å². The predicted molar refractivity (Wildman–Crippen MR) is 122 cm³/mol. The Kier molecular flexibility index (Phi) is 7.41. The van der Waals surface area contributed by atoms with Gasteiger partial charge in [0.1, 0.15) is 0 Å².